The first-order valence-electron chi connectivity index (χ1n) is 10.2. The van der Waals surface area contributed by atoms with E-state index in [1.165, 1.54) is 4.90 Å². The molecule has 0 spiro atoms. The summed E-state index contributed by atoms with van der Waals surface area (Å²) in [6.45, 7) is 2.06. The van der Waals surface area contributed by atoms with E-state index in [4.69, 9.17) is 5.73 Å². The lowest BCUT2D eigenvalue weighted by atomic mass is 10.1. The van der Waals surface area contributed by atoms with Crippen LogP contribution in [0, 0.1) is 6.92 Å². The minimum absolute atomic E-state index is 0.0554. The van der Waals surface area contributed by atoms with Crippen molar-refractivity contribution in [3.63, 3.8) is 0 Å². The van der Waals surface area contributed by atoms with Gasteiger partial charge in [0.2, 0.25) is 0 Å². The van der Waals surface area contributed by atoms with Gasteiger partial charge >= 0.3 is 0 Å². The highest BCUT2D eigenvalue weighted by Crippen LogP contribution is 2.26. The van der Waals surface area contributed by atoms with E-state index >= 15 is 0 Å². The number of aromatic nitrogens is 2. The second-order valence-corrected chi connectivity index (χ2v) is 7.74. The quantitative estimate of drug-likeness (QED) is 0.491. The number of carbonyl (C=O) groups is 2. The molecule has 2 amide bonds. The summed E-state index contributed by atoms with van der Waals surface area (Å²) in [5.74, 6) is -0.783. The molecular formula is C25H24N4O3. The summed E-state index contributed by atoms with van der Waals surface area (Å²) in [5.41, 5.74) is 9.67. The zero-order valence-corrected chi connectivity index (χ0v) is 17.9. The monoisotopic (exact) mass is 428 g/mol. The van der Waals surface area contributed by atoms with Gasteiger partial charge in [-0.2, -0.15) is 0 Å². The number of aryl methyl sites for hydroxylation is 1. The Bertz CT molecular complexity index is 1300. The summed E-state index contributed by atoms with van der Waals surface area (Å²) in [6, 6.07) is 21.9. The van der Waals surface area contributed by atoms with Gasteiger partial charge < -0.3 is 20.3 Å². The molecule has 32 heavy (non-hydrogen) atoms. The molecule has 1 heterocycles. The van der Waals surface area contributed by atoms with E-state index in [9.17, 15) is 14.7 Å². The van der Waals surface area contributed by atoms with Gasteiger partial charge in [0.1, 0.15) is 0 Å². The molecule has 1 atom stereocenters. The highest BCUT2D eigenvalue weighted by Gasteiger charge is 2.20. The molecule has 3 aromatic carbocycles. The first kappa shape index (κ1) is 21.3. The normalized spacial score (nSPS) is 12.0. The predicted octanol–water partition coefficient (Wildman–Crippen LogP) is 3.45. The molecule has 4 rings (SSSR count). The molecule has 0 bridgehead atoms. The van der Waals surface area contributed by atoms with Crippen LogP contribution in [-0.2, 0) is 6.54 Å². The summed E-state index contributed by atoms with van der Waals surface area (Å²) in [5, 5.41) is 10.7. The first-order chi connectivity index (χ1) is 15.3. The number of rotatable bonds is 6. The highest BCUT2D eigenvalue weighted by molar-refractivity contribution is 6.06. The number of nitrogens with two attached hydrogens (primary N) is 1. The Labute approximate surface area is 185 Å². The first-order valence-corrected chi connectivity index (χ1v) is 10.2. The van der Waals surface area contributed by atoms with Crippen LogP contribution in [0.15, 0.2) is 72.8 Å². The topological polar surface area (TPSA) is 101 Å². The number of anilines is 1. The number of aliphatic hydroxyl groups excluding tert-OH is 1. The number of hydrogen-bond donors (Lipinski definition) is 2. The fourth-order valence-corrected chi connectivity index (χ4v) is 3.74. The number of imidazole rings is 1. The van der Waals surface area contributed by atoms with Crippen LogP contribution >= 0.6 is 0 Å². The largest absolute Gasteiger partial charge is 0.387 e. The van der Waals surface area contributed by atoms with Gasteiger partial charge in [-0.15, -0.1) is 0 Å². The van der Waals surface area contributed by atoms with Crippen molar-refractivity contribution in [2.45, 2.75) is 19.6 Å². The third kappa shape index (κ3) is 4.10. The lowest BCUT2D eigenvalue weighted by Crippen LogP contribution is -2.26. The van der Waals surface area contributed by atoms with E-state index in [0.29, 0.717) is 22.3 Å². The number of benzene rings is 3. The lowest BCUT2D eigenvalue weighted by molar-refractivity contribution is 0.0976. The van der Waals surface area contributed by atoms with Crippen molar-refractivity contribution in [1.29, 1.82) is 0 Å². The molecule has 0 saturated heterocycles. The number of aliphatic hydroxyl groups is 1. The molecule has 1 aromatic heterocycles. The number of carbonyl (C=O) groups excluding carboxylic acids is 2. The van der Waals surface area contributed by atoms with Crippen molar-refractivity contribution in [3.8, 4) is 0 Å². The maximum atomic E-state index is 12.9. The summed E-state index contributed by atoms with van der Waals surface area (Å²) >= 11 is 0. The number of primary amides is 1. The van der Waals surface area contributed by atoms with E-state index in [0.717, 1.165) is 11.1 Å². The molecule has 0 saturated carbocycles. The van der Waals surface area contributed by atoms with Gasteiger partial charge in [-0.3, -0.25) is 9.59 Å². The van der Waals surface area contributed by atoms with Gasteiger partial charge in [-0.05, 0) is 42.8 Å². The molecule has 0 unspecified atom stereocenters. The molecule has 3 N–H and O–H groups in total. The summed E-state index contributed by atoms with van der Waals surface area (Å²) in [7, 11) is 1.69. The van der Waals surface area contributed by atoms with E-state index < -0.39 is 12.0 Å². The van der Waals surface area contributed by atoms with Gasteiger partial charge in [0, 0.05) is 18.3 Å². The van der Waals surface area contributed by atoms with Crippen LogP contribution in [0.5, 0.6) is 0 Å². The van der Waals surface area contributed by atoms with Crippen molar-refractivity contribution in [2.24, 2.45) is 5.73 Å². The standard InChI is InChI=1S/C25H24N4O3/c1-16-7-6-10-18(13-16)25(32)28(2)19-11-12-21-20(14-19)27-24(23(26)31)29(21)15-22(30)17-8-4-3-5-9-17/h3-14,22,30H,15H2,1-2H3,(H2,26,31)/t22-/m1/s1. The van der Waals surface area contributed by atoms with Crippen molar-refractivity contribution >= 4 is 28.5 Å². The van der Waals surface area contributed by atoms with Crippen LogP contribution in [0.4, 0.5) is 5.69 Å². The molecule has 0 fully saturated rings. The Balaban J connectivity index is 1.69. The van der Waals surface area contributed by atoms with E-state index in [-0.39, 0.29) is 18.3 Å². The van der Waals surface area contributed by atoms with Gasteiger partial charge in [-0.1, -0.05) is 48.0 Å². The zero-order chi connectivity index (χ0) is 22.8. The Kier molecular flexibility index (Phi) is 5.75. The van der Waals surface area contributed by atoms with Gasteiger partial charge in [0.25, 0.3) is 11.8 Å². The molecule has 7 nitrogen and oxygen atoms in total. The predicted molar refractivity (Wildman–Crippen MR) is 124 cm³/mol. The minimum atomic E-state index is -0.836. The van der Waals surface area contributed by atoms with Gasteiger partial charge in [0.15, 0.2) is 5.82 Å². The van der Waals surface area contributed by atoms with Crippen molar-refractivity contribution in [3.05, 3.63) is 95.3 Å². The van der Waals surface area contributed by atoms with Crippen LogP contribution in [0.1, 0.15) is 38.2 Å². The molecule has 162 valence electrons. The average molecular weight is 428 g/mol. The Hall–Kier alpha value is -3.97. The fourth-order valence-electron chi connectivity index (χ4n) is 3.74. The molecule has 4 aromatic rings. The summed E-state index contributed by atoms with van der Waals surface area (Å²) < 4.78 is 1.61. The second kappa shape index (κ2) is 8.64. The van der Waals surface area contributed by atoms with Crippen LogP contribution < -0.4 is 10.6 Å². The van der Waals surface area contributed by atoms with E-state index in [1.54, 1.807) is 35.9 Å². The van der Waals surface area contributed by atoms with E-state index in [2.05, 4.69) is 4.98 Å². The molecule has 0 radical (unpaired) electrons. The smallest absolute Gasteiger partial charge is 0.284 e. The van der Waals surface area contributed by atoms with E-state index in [1.807, 2.05) is 55.5 Å². The van der Waals surface area contributed by atoms with Crippen LogP contribution in [-0.4, -0.2) is 33.5 Å². The maximum absolute atomic E-state index is 12.9. The Morgan fingerprint density at radius 3 is 2.50 bits per heavy atom. The number of nitrogens with zero attached hydrogens (tertiary/aromatic N) is 3. The molecular weight excluding hydrogens is 404 g/mol. The van der Waals surface area contributed by atoms with Crippen molar-refractivity contribution < 1.29 is 14.7 Å². The Morgan fingerprint density at radius 2 is 1.81 bits per heavy atom. The van der Waals surface area contributed by atoms with Crippen molar-refractivity contribution in [1.82, 2.24) is 9.55 Å². The zero-order valence-electron chi connectivity index (χ0n) is 17.9. The van der Waals surface area contributed by atoms with Crippen molar-refractivity contribution in [2.75, 3.05) is 11.9 Å². The molecule has 0 aliphatic rings. The molecule has 0 aliphatic heterocycles. The SMILES string of the molecule is Cc1cccc(C(=O)N(C)c2ccc3c(c2)nc(C(N)=O)n3C[C@@H](O)c2ccccc2)c1. The molecule has 0 aliphatic carbocycles. The lowest BCUT2D eigenvalue weighted by Gasteiger charge is -2.18. The van der Waals surface area contributed by atoms with Crippen LogP contribution in [0.25, 0.3) is 11.0 Å². The second-order valence-electron chi connectivity index (χ2n) is 7.74. The summed E-state index contributed by atoms with van der Waals surface area (Å²) in [4.78, 5) is 30.9. The third-order valence-corrected chi connectivity index (χ3v) is 5.45. The average Bonchev–Trinajstić information content (AvgIpc) is 3.16. The number of fused-ring (bicyclic) bond motifs is 1. The maximum Gasteiger partial charge on any atom is 0.284 e. The van der Waals surface area contributed by atoms with Gasteiger partial charge in [0.05, 0.1) is 23.7 Å². The van der Waals surface area contributed by atoms with Gasteiger partial charge in [-0.25, -0.2) is 4.98 Å². The molecule has 7 heteroatoms. The summed E-state index contributed by atoms with van der Waals surface area (Å²) in [6.07, 6.45) is -0.836. The Morgan fingerprint density at radius 1 is 1.06 bits per heavy atom. The number of hydrogen-bond acceptors (Lipinski definition) is 4. The highest BCUT2D eigenvalue weighted by atomic mass is 16.3. The minimum Gasteiger partial charge on any atom is -0.387 e. The van der Waals surface area contributed by atoms with Crippen LogP contribution in [0.2, 0.25) is 0 Å². The third-order valence-electron chi connectivity index (χ3n) is 5.45. The van der Waals surface area contributed by atoms with Crippen LogP contribution in [0.3, 0.4) is 0 Å². The number of amides is 2. The fraction of sp³-hybridized carbons (Fsp3) is 0.160.